The number of alkyl carbamates (subject to hydrolysis) is 2. The van der Waals surface area contributed by atoms with Gasteiger partial charge in [-0.1, -0.05) is 56.5 Å². The van der Waals surface area contributed by atoms with Gasteiger partial charge in [0, 0.05) is 6.54 Å². The molecule has 210 valence electrons. The molecule has 0 aliphatic rings. The van der Waals surface area contributed by atoms with E-state index in [1.807, 2.05) is 44.2 Å². The Balaban J connectivity index is 2.65. The maximum atomic E-state index is 13.1. The third-order valence-electron chi connectivity index (χ3n) is 5.57. The number of nitrogens with one attached hydrogen (secondary N) is 4. The maximum absolute atomic E-state index is 13.1. The van der Waals surface area contributed by atoms with Crippen molar-refractivity contribution in [2.45, 2.75) is 84.6 Å². The quantitative estimate of drug-likeness (QED) is 0.215. The van der Waals surface area contributed by atoms with Gasteiger partial charge in [0.1, 0.15) is 24.3 Å². The molecular weight excluding hydrogens is 488 g/mol. The lowest BCUT2D eigenvalue weighted by atomic mass is 9.97. The van der Waals surface area contributed by atoms with E-state index in [0.29, 0.717) is 32.2 Å². The van der Waals surface area contributed by atoms with Crippen molar-refractivity contribution in [3.63, 3.8) is 0 Å². The van der Waals surface area contributed by atoms with Crippen LogP contribution < -0.4 is 21.3 Å². The number of unbranched alkanes of at least 4 members (excludes halogenated alkanes) is 1. The average molecular weight is 531 g/mol. The third kappa shape index (κ3) is 13.5. The van der Waals surface area contributed by atoms with Gasteiger partial charge in [0.15, 0.2) is 0 Å². The molecule has 0 aliphatic heterocycles. The lowest BCUT2D eigenvalue weighted by molar-refractivity contribution is -0.130. The third-order valence-corrected chi connectivity index (χ3v) is 5.57. The van der Waals surface area contributed by atoms with Crippen molar-refractivity contribution in [3.8, 4) is 12.3 Å². The SMILES string of the molecule is C#CCNC(=O)[C@H](CCCCNC(=O)OCc1ccccc1)NC(=O)[C@@H](NC(=O)OC(C)(C)C)[C@@H](C)CC. The van der Waals surface area contributed by atoms with Gasteiger partial charge in [0.05, 0.1) is 6.54 Å². The number of terminal acetylenes is 1. The Morgan fingerprint density at radius 2 is 1.66 bits per heavy atom. The minimum Gasteiger partial charge on any atom is -0.445 e. The molecule has 0 radical (unpaired) electrons. The van der Waals surface area contributed by atoms with E-state index >= 15 is 0 Å². The van der Waals surface area contributed by atoms with Crippen molar-refractivity contribution in [2.24, 2.45) is 5.92 Å². The van der Waals surface area contributed by atoms with Crippen molar-refractivity contribution in [3.05, 3.63) is 35.9 Å². The Morgan fingerprint density at radius 3 is 2.26 bits per heavy atom. The van der Waals surface area contributed by atoms with E-state index in [2.05, 4.69) is 27.2 Å². The summed E-state index contributed by atoms with van der Waals surface area (Å²) in [4.78, 5) is 50.0. The van der Waals surface area contributed by atoms with E-state index in [4.69, 9.17) is 15.9 Å². The zero-order valence-electron chi connectivity index (χ0n) is 23.1. The highest BCUT2D eigenvalue weighted by molar-refractivity contribution is 5.91. The van der Waals surface area contributed by atoms with Gasteiger partial charge in [-0.25, -0.2) is 9.59 Å². The summed E-state index contributed by atoms with van der Waals surface area (Å²) in [7, 11) is 0. The van der Waals surface area contributed by atoms with Crippen LogP contribution in [-0.2, 0) is 25.7 Å². The smallest absolute Gasteiger partial charge is 0.408 e. The van der Waals surface area contributed by atoms with Crippen LogP contribution in [0.15, 0.2) is 30.3 Å². The van der Waals surface area contributed by atoms with Crippen LogP contribution in [0.25, 0.3) is 0 Å². The maximum Gasteiger partial charge on any atom is 0.408 e. The minimum absolute atomic E-state index is 0.0188. The topological polar surface area (TPSA) is 135 Å². The van der Waals surface area contributed by atoms with E-state index in [9.17, 15) is 19.2 Å². The second-order valence-corrected chi connectivity index (χ2v) is 9.98. The molecule has 0 fully saturated rings. The molecule has 10 heteroatoms. The zero-order chi connectivity index (χ0) is 28.6. The Kier molecular flexibility index (Phi) is 14.4. The Labute approximate surface area is 226 Å². The second kappa shape index (κ2) is 16.9. The highest BCUT2D eigenvalue weighted by atomic mass is 16.6. The fraction of sp³-hybridized carbons (Fsp3) is 0.571. The van der Waals surface area contributed by atoms with Gasteiger partial charge in [-0.3, -0.25) is 9.59 Å². The Bertz CT molecular complexity index is 939. The predicted octanol–water partition coefficient (Wildman–Crippen LogP) is 3.26. The number of hydrogen-bond acceptors (Lipinski definition) is 6. The van der Waals surface area contributed by atoms with Gasteiger partial charge >= 0.3 is 12.2 Å². The molecule has 0 heterocycles. The first-order valence-corrected chi connectivity index (χ1v) is 12.9. The summed E-state index contributed by atoms with van der Waals surface area (Å²) in [5, 5.41) is 10.6. The Hall–Kier alpha value is -3.74. The van der Waals surface area contributed by atoms with Gasteiger partial charge in [-0.05, 0) is 51.5 Å². The van der Waals surface area contributed by atoms with E-state index in [0.717, 1.165) is 5.56 Å². The average Bonchev–Trinajstić information content (AvgIpc) is 2.87. The molecule has 1 aromatic rings. The summed E-state index contributed by atoms with van der Waals surface area (Å²) >= 11 is 0. The van der Waals surface area contributed by atoms with Crippen LogP contribution in [0.3, 0.4) is 0 Å². The van der Waals surface area contributed by atoms with E-state index in [1.54, 1.807) is 20.8 Å². The van der Waals surface area contributed by atoms with Crippen LogP contribution >= 0.6 is 0 Å². The van der Waals surface area contributed by atoms with Crippen LogP contribution in [0, 0.1) is 18.3 Å². The lowest BCUT2D eigenvalue weighted by Gasteiger charge is -2.28. The number of amides is 4. The molecule has 0 saturated heterocycles. The van der Waals surface area contributed by atoms with Crippen LogP contribution in [0.2, 0.25) is 0 Å². The number of carbonyl (C=O) groups is 4. The first kappa shape index (κ1) is 32.3. The van der Waals surface area contributed by atoms with Gasteiger partial charge < -0.3 is 30.7 Å². The lowest BCUT2D eigenvalue weighted by Crippen LogP contribution is -2.56. The van der Waals surface area contributed by atoms with Crippen molar-refractivity contribution >= 4 is 24.0 Å². The van der Waals surface area contributed by atoms with Crippen molar-refractivity contribution < 1.29 is 28.7 Å². The van der Waals surface area contributed by atoms with Gasteiger partial charge in [-0.15, -0.1) is 6.42 Å². The molecule has 4 amide bonds. The molecule has 0 bridgehead atoms. The van der Waals surface area contributed by atoms with E-state index < -0.39 is 41.7 Å². The predicted molar refractivity (Wildman–Crippen MR) is 145 cm³/mol. The number of hydrogen-bond donors (Lipinski definition) is 4. The highest BCUT2D eigenvalue weighted by Crippen LogP contribution is 2.12. The standard InChI is InChI=1S/C28H42N4O6/c1-7-17-29-24(33)22(16-12-13-18-30-26(35)37-19-21-14-10-9-11-15-21)31-25(34)23(20(3)8-2)32-27(36)38-28(4,5)6/h1,9-11,14-15,20,22-23H,8,12-13,16-19H2,2-6H3,(H,29,33)(H,30,35)(H,31,34)(H,32,36)/t20-,22-,23-/m0/s1. The molecule has 10 nitrogen and oxygen atoms in total. The summed E-state index contributed by atoms with van der Waals surface area (Å²) < 4.78 is 10.5. The van der Waals surface area contributed by atoms with Gasteiger partial charge in [-0.2, -0.15) is 0 Å². The number of rotatable bonds is 14. The normalized spacial score (nSPS) is 13.2. The molecule has 0 aliphatic carbocycles. The second-order valence-electron chi connectivity index (χ2n) is 9.98. The summed E-state index contributed by atoms with van der Waals surface area (Å²) in [5.41, 5.74) is 0.163. The van der Waals surface area contributed by atoms with Gasteiger partial charge in [0.2, 0.25) is 11.8 Å². The van der Waals surface area contributed by atoms with Crippen LogP contribution in [0.5, 0.6) is 0 Å². The largest absolute Gasteiger partial charge is 0.445 e. The van der Waals surface area contributed by atoms with E-state index in [1.165, 1.54) is 0 Å². The molecule has 0 saturated carbocycles. The van der Waals surface area contributed by atoms with Crippen LogP contribution in [0.4, 0.5) is 9.59 Å². The molecule has 3 atom stereocenters. The molecule has 0 aromatic heterocycles. The number of carbonyl (C=O) groups excluding carboxylic acids is 4. The molecule has 4 N–H and O–H groups in total. The van der Waals surface area contributed by atoms with Crippen molar-refractivity contribution in [1.29, 1.82) is 0 Å². The number of benzene rings is 1. The van der Waals surface area contributed by atoms with Crippen molar-refractivity contribution in [2.75, 3.05) is 13.1 Å². The van der Waals surface area contributed by atoms with E-state index in [-0.39, 0.29) is 19.1 Å². The van der Waals surface area contributed by atoms with Gasteiger partial charge in [0.25, 0.3) is 0 Å². The summed E-state index contributed by atoms with van der Waals surface area (Å²) in [6.07, 6.45) is 6.02. The summed E-state index contributed by atoms with van der Waals surface area (Å²) in [6, 6.07) is 7.58. The molecule has 1 aromatic carbocycles. The summed E-state index contributed by atoms with van der Waals surface area (Å²) in [6.45, 7) is 9.46. The van der Waals surface area contributed by atoms with Crippen molar-refractivity contribution in [1.82, 2.24) is 21.3 Å². The Morgan fingerprint density at radius 1 is 0.974 bits per heavy atom. The fourth-order valence-corrected chi connectivity index (χ4v) is 3.37. The van der Waals surface area contributed by atoms with Crippen LogP contribution in [-0.4, -0.2) is 54.8 Å². The minimum atomic E-state index is -0.890. The molecule has 1 rings (SSSR count). The molecule has 38 heavy (non-hydrogen) atoms. The first-order valence-electron chi connectivity index (χ1n) is 12.9. The first-order chi connectivity index (χ1) is 18.0. The molecular formula is C28H42N4O6. The number of ether oxygens (including phenoxy) is 2. The fourth-order valence-electron chi connectivity index (χ4n) is 3.37. The monoisotopic (exact) mass is 530 g/mol. The molecule has 0 unspecified atom stereocenters. The summed E-state index contributed by atoms with van der Waals surface area (Å²) in [5.74, 6) is 1.22. The molecule has 0 spiro atoms. The highest BCUT2D eigenvalue weighted by Gasteiger charge is 2.31. The zero-order valence-corrected chi connectivity index (χ0v) is 23.1. The van der Waals surface area contributed by atoms with Crippen LogP contribution in [0.1, 0.15) is 65.9 Å².